The molecular weight excluding hydrogens is 274 g/mol. The zero-order valence-electron chi connectivity index (χ0n) is 12.1. The van der Waals surface area contributed by atoms with Gasteiger partial charge in [-0.05, 0) is 45.0 Å². The molecule has 5 nitrogen and oxygen atoms in total. The normalized spacial score (nSPS) is 16.5. The van der Waals surface area contributed by atoms with E-state index >= 15 is 0 Å². The summed E-state index contributed by atoms with van der Waals surface area (Å²) in [5.41, 5.74) is 7.52. The van der Waals surface area contributed by atoms with E-state index in [-0.39, 0.29) is 4.90 Å². The Bertz CT molecular complexity index is 566. The number of anilines is 2. The molecule has 1 aliphatic carbocycles. The predicted octanol–water partition coefficient (Wildman–Crippen LogP) is 1.95. The highest BCUT2D eigenvalue weighted by molar-refractivity contribution is 7.89. The summed E-state index contributed by atoms with van der Waals surface area (Å²) in [6.07, 6.45) is 4.76. The molecule has 112 valence electrons. The molecule has 0 aliphatic heterocycles. The van der Waals surface area contributed by atoms with Crippen LogP contribution in [-0.2, 0) is 10.0 Å². The summed E-state index contributed by atoms with van der Waals surface area (Å²) in [7, 11) is -2.02. The lowest BCUT2D eigenvalue weighted by Crippen LogP contribution is -2.33. The highest BCUT2D eigenvalue weighted by Crippen LogP contribution is 2.33. The number of hydrogen-bond acceptors (Lipinski definition) is 4. The zero-order chi connectivity index (χ0) is 14.8. The van der Waals surface area contributed by atoms with Crippen LogP contribution in [0.5, 0.6) is 0 Å². The van der Waals surface area contributed by atoms with Crippen LogP contribution in [0, 0.1) is 0 Å². The van der Waals surface area contributed by atoms with E-state index < -0.39 is 10.0 Å². The average molecular weight is 297 g/mol. The molecule has 0 spiro atoms. The first-order valence-corrected chi connectivity index (χ1v) is 8.57. The second-order valence-electron chi connectivity index (χ2n) is 5.15. The van der Waals surface area contributed by atoms with Crippen molar-refractivity contribution >= 4 is 21.4 Å². The lowest BCUT2D eigenvalue weighted by Gasteiger charge is -2.31. The maximum Gasteiger partial charge on any atom is 0.240 e. The molecule has 20 heavy (non-hydrogen) atoms. The quantitative estimate of drug-likeness (QED) is 0.815. The first kappa shape index (κ1) is 15.1. The summed E-state index contributed by atoms with van der Waals surface area (Å²) in [5.74, 6) is 0. The molecular formula is C14H23N3O2S. The Morgan fingerprint density at radius 1 is 1.35 bits per heavy atom. The zero-order valence-corrected chi connectivity index (χ0v) is 12.9. The number of hydrogen-bond donors (Lipinski definition) is 2. The second kappa shape index (κ2) is 6.01. The van der Waals surface area contributed by atoms with Crippen molar-refractivity contribution in [1.82, 2.24) is 4.72 Å². The van der Waals surface area contributed by atoms with Crippen molar-refractivity contribution in [3.8, 4) is 0 Å². The standard InChI is InChI=1S/C14H23N3O2S/c1-3-17(11-6-4-5-7-11)14-10-12(8-9-13(14)15)20(18,19)16-2/h8-11,16H,3-7,15H2,1-2H3. The van der Waals surface area contributed by atoms with E-state index in [1.54, 1.807) is 18.2 Å². The van der Waals surface area contributed by atoms with Crippen molar-refractivity contribution in [3.05, 3.63) is 18.2 Å². The second-order valence-corrected chi connectivity index (χ2v) is 7.04. The summed E-state index contributed by atoms with van der Waals surface area (Å²) in [6, 6.07) is 5.38. The van der Waals surface area contributed by atoms with Crippen LogP contribution in [0.15, 0.2) is 23.1 Å². The van der Waals surface area contributed by atoms with Crippen molar-refractivity contribution in [2.24, 2.45) is 0 Å². The highest BCUT2D eigenvalue weighted by Gasteiger charge is 2.24. The lowest BCUT2D eigenvalue weighted by molar-refractivity contribution is 0.587. The summed E-state index contributed by atoms with van der Waals surface area (Å²) >= 11 is 0. The van der Waals surface area contributed by atoms with Gasteiger partial charge in [0.15, 0.2) is 0 Å². The molecule has 0 aromatic heterocycles. The minimum absolute atomic E-state index is 0.264. The van der Waals surface area contributed by atoms with Gasteiger partial charge in [0, 0.05) is 12.6 Å². The SMILES string of the molecule is CCN(c1cc(S(=O)(=O)NC)ccc1N)C1CCCC1. The first-order valence-electron chi connectivity index (χ1n) is 7.09. The molecule has 0 amide bonds. The molecule has 0 heterocycles. The van der Waals surface area contributed by atoms with Crippen molar-refractivity contribution in [3.63, 3.8) is 0 Å². The van der Waals surface area contributed by atoms with Crippen LogP contribution in [0.3, 0.4) is 0 Å². The van der Waals surface area contributed by atoms with Gasteiger partial charge in [-0.3, -0.25) is 0 Å². The smallest absolute Gasteiger partial charge is 0.240 e. The Balaban J connectivity index is 2.41. The van der Waals surface area contributed by atoms with Crippen LogP contribution in [0.2, 0.25) is 0 Å². The van der Waals surface area contributed by atoms with Gasteiger partial charge in [0.2, 0.25) is 10.0 Å². The van der Waals surface area contributed by atoms with Gasteiger partial charge in [0.1, 0.15) is 0 Å². The van der Waals surface area contributed by atoms with Crippen LogP contribution in [0.25, 0.3) is 0 Å². The fourth-order valence-electron chi connectivity index (χ4n) is 2.90. The van der Waals surface area contributed by atoms with Gasteiger partial charge in [-0.25, -0.2) is 13.1 Å². The number of nitrogen functional groups attached to an aromatic ring is 1. The monoisotopic (exact) mass is 297 g/mol. The van der Waals surface area contributed by atoms with E-state index in [4.69, 9.17) is 5.73 Å². The molecule has 6 heteroatoms. The largest absolute Gasteiger partial charge is 0.397 e. The van der Waals surface area contributed by atoms with Gasteiger partial charge in [-0.2, -0.15) is 0 Å². The highest BCUT2D eigenvalue weighted by atomic mass is 32.2. The molecule has 0 saturated heterocycles. The molecule has 0 unspecified atom stereocenters. The first-order chi connectivity index (χ1) is 9.49. The van der Waals surface area contributed by atoms with Gasteiger partial charge < -0.3 is 10.6 Å². The maximum absolute atomic E-state index is 11.9. The van der Waals surface area contributed by atoms with E-state index in [9.17, 15) is 8.42 Å². The van der Waals surface area contributed by atoms with E-state index in [1.165, 1.54) is 19.9 Å². The molecule has 1 aromatic rings. The average Bonchev–Trinajstić information content (AvgIpc) is 2.95. The van der Waals surface area contributed by atoms with Gasteiger partial charge in [-0.1, -0.05) is 12.8 Å². The van der Waals surface area contributed by atoms with E-state index in [1.807, 2.05) is 0 Å². The van der Waals surface area contributed by atoms with Crippen LogP contribution < -0.4 is 15.4 Å². The predicted molar refractivity (Wildman–Crippen MR) is 82.4 cm³/mol. The van der Waals surface area contributed by atoms with E-state index in [2.05, 4.69) is 16.5 Å². The number of nitrogens with zero attached hydrogens (tertiary/aromatic N) is 1. The van der Waals surface area contributed by atoms with Crippen LogP contribution in [0.1, 0.15) is 32.6 Å². The molecule has 0 bridgehead atoms. The Kier molecular flexibility index (Phi) is 4.55. The summed E-state index contributed by atoms with van der Waals surface area (Å²) < 4.78 is 26.2. The van der Waals surface area contributed by atoms with Gasteiger partial charge in [0.05, 0.1) is 16.3 Å². The topological polar surface area (TPSA) is 75.4 Å². The third kappa shape index (κ3) is 2.91. The van der Waals surface area contributed by atoms with Crippen molar-refractivity contribution in [2.75, 3.05) is 24.2 Å². The molecule has 1 aliphatic rings. The van der Waals surface area contributed by atoms with Crippen LogP contribution in [0.4, 0.5) is 11.4 Å². The summed E-state index contributed by atoms with van der Waals surface area (Å²) in [4.78, 5) is 2.50. The molecule has 1 saturated carbocycles. The number of sulfonamides is 1. The number of nitrogens with one attached hydrogen (secondary N) is 1. The minimum Gasteiger partial charge on any atom is -0.397 e. The van der Waals surface area contributed by atoms with Crippen LogP contribution in [-0.4, -0.2) is 28.1 Å². The molecule has 0 atom stereocenters. The molecule has 1 aromatic carbocycles. The molecule has 1 fully saturated rings. The van der Waals surface area contributed by atoms with E-state index in [0.717, 1.165) is 25.1 Å². The Labute approximate surface area is 121 Å². The third-order valence-corrected chi connectivity index (χ3v) is 5.41. The number of rotatable bonds is 5. The molecule has 2 rings (SSSR count). The van der Waals surface area contributed by atoms with Gasteiger partial charge >= 0.3 is 0 Å². The lowest BCUT2D eigenvalue weighted by atomic mass is 10.1. The Hall–Kier alpha value is -1.27. The van der Waals surface area contributed by atoms with Gasteiger partial charge in [0.25, 0.3) is 0 Å². The van der Waals surface area contributed by atoms with Crippen molar-refractivity contribution in [1.29, 1.82) is 0 Å². The maximum atomic E-state index is 11.9. The molecule has 3 N–H and O–H groups in total. The summed E-state index contributed by atoms with van der Waals surface area (Å²) in [6.45, 7) is 2.91. The van der Waals surface area contributed by atoms with E-state index in [0.29, 0.717) is 11.7 Å². The fraction of sp³-hybridized carbons (Fsp3) is 0.571. The van der Waals surface area contributed by atoms with Crippen LogP contribution >= 0.6 is 0 Å². The van der Waals surface area contributed by atoms with Gasteiger partial charge in [-0.15, -0.1) is 0 Å². The fourth-order valence-corrected chi connectivity index (χ4v) is 3.65. The Morgan fingerprint density at radius 2 is 2.00 bits per heavy atom. The summed E-state index contributed by atoms with van der Waals surface area (Å²) in [5, 5.41) is 0. The minimum atomic E-state index is -3.43. The van der Waals surface area contributed by atoms with Crippen molar-refractivity contribution < 1.29 is 8.42 Å². The number of benzene rings is 1. The Morgan fingerprint density at radius 3 is 2.55 bits per heavy atom. The van der Waals surface area contributed by atoms with Crippen molar-refractivity contribution in [2.45, 2.75) is 43.5 Å². The number of nitrogens with two attached hydrogens (primary N) is 1. The third-order valence-electron chi connectivity index (χ3n) is 4.00. The molecule has 0 radical (unpaired) electrons.